The standard InChI is InChI=1S/C13H7Cl2FO/c14-8-5-6-12(16)10(7-8)13(17)9-3-1-2-4-11(9)15/h1-7H. The van der Waals surface area contributed by atoms with Gasteiger partial charge in [-0.1, -0.05) is 35.3 Å². The van der Waals surface area contributed by atoms with Crippen LogP contribution in [0, 0.1) is 5.82 Å². The van der Waals surface area contributed by atoms with Crippen LogP contribution in [-0.2, 0) is 0 Å². The van der Waals surface area contributed by atoms with E-state index in [9.17, 15) is 9.18 Å². The minimum Gasteiger partial charge on any atom is -0.288 e. The number of ketones is 1. The van der Waals surface area contributed by atoms with Crippen LogP contribution < -0.4 is 0 Å². The van der Waals surface area contributed by atoms with Gasteiger partial charge in [0.2, 0.25) is 0 Å². The van der Waals surface area contributed by atoms with E-state index in [1.165, 1.54) is 12.1 Å². The summed E-state index contributed by atoms with van der Waals surface area (Å²) in [6.45, 7) is 0. The van der Waals surface area contributed by atoms with Crippen LogP contribution in [0.3, 0.4) is 0 Å². The Morgan fingerprint density at radius 1 is 1.00 bits per heavy atom. The van der Waals surface area contributed by atoms with E-state index < -0.39 is 11.6 Å². The van der Waals surface area contributed by atoms with Crippen LogP contribution in [0.5, 0.6) is 0 Å². The maximum absolute atomic E-state index is 13.5. The van der Waals surface area contributed by atoms with Gasteiger partial charge in [0.15, 0.2) is 5.78 Å². The molecular formula is C13H7Cl2FO. The molecule has 0 fully saturated rings. The summed E-state index contributed by atoms with van der Waals surface area (Å²) >= 11 is 11.6. The number of rotatable bonds is 2. The highest BCUT2D eigenvalue weighted by molar-refractivity contribution is 6.35. The molecule has 0 aliphatic carbocycles. The SMILES string of the molecule is O=C(c1cc(Cl)ccc1F)c1ccccc1Cl. The fraction of sp³-hybridized carbons (Fsp3) is 0. The summed E-state index contributed by atoms with van der Waals surface area (Å²) < 4.78 is 13.5. The molecule has 0 heterocycles. The second-order valence-corrected chi connectivity index (χ2v) is 4.28. The van der Waals surface area contributed by atoms with Gasteiger partial charge in [0.25, 0.3) is 0 Å². The van der Waals surface area contributed by atoms with Gasteiger partial charge in [0.05, 0.1) is 10.6 Å². The smallest absolute Gasteiger partial charge is 0.197 e. The van der Waals surface area contributed by atoms with Gasteiger partial charge in [-0.25, -0.2) is 4.39 Å². The Labute approximate surface area is 108 Å². The topological polar surface area (TPSA) is 17.1 Å². The normalized spacial score (nSPS) is 10.3. The maximum atomic E-state index is 13.5. The van der Waals surface area contributed by atoms with E-state index in [0.29, 0.717) is 5.02 Å². The quantitative estimate of drug-likeness (QED) is 0.740. The molecule has 0 atom stereocenters. The first kappa shape index (κ1) is 12.1. The molecule has 2 aromatic carbocycles. The molecule has 0 spiro atoms. The molecule has 1 nitrogen and oxygen atoms in total. The van der Waals surface area contributed by atoms with Crippen molar-refractivity contribution in [2.45, 2.75) is 0 Å². The number of hydrogen-bond acceptors (Lipinski definition) is 1. The van der Waals surface area contributed by atoms with Crippen LogP contribution in [-0.4, -0.2) is 5.78 Å². The fourth-order valence-electron chi connectivity index (χ4n) is 1.46. The second-order valence-electron chi connectivity index (χ2n) is 3.43. The van der Waals surface area contributed by atoms with Gasteiger partial charge in [-0.2, -0.15) is 0 Å². The predicted octanol–water partition coefficient (Wildman–Crippen LogP) is 4.36. The van der Waals surface area contributed by atoms with Crippen molar-refractivity contribution in [1.29, 1.82) is 0 Å². The average Bonchev–Trinajstić information content (AvgIpc) is 2.32. The van der Waals surface area contributed by atoms with Crippen LogP contribution in [0.4, 0.5) is 4.39 Å². The zero-order valence-electron chi connectivity index (χ0n) is 8.58. The Bertz CT molecular complexity index is 581. The summed E-state index contributed by atoms with van der Waals surface area (Å²) in [4.78, 5) is 12.1. The molecule has 0 bridgehead atoms. The summed E-state index contributed by atoms with van der Waals surface area (Å²) in [6.07, 6.45) is 0. The molecule has 0 aromatic heterocycles. The van der Waals surface area contributed by atoms with Crippen molar-refractivity contribution in [2.24, 2.45) is 0 Å². The average molecular weight is 269 g/mol. The second kappa shape index (κ2) is 4.86. The number of carbonyl (C=O) groups is 1. The molecule has 0 amide bonds. The van der Waals surface area contributed by atoms with Crippen molar-refractivity contribution in [1.82, 2.24) is 0 Å². The molecule has 0 saturated carbocycles. The Balaban J connectivity index is 2.51. The molecule has 0 aliphatic heterocycles. The van der Waals surface area contributed by atoms with Crippen LogP contribution >= 0.6 is 23.2 Å². The van der Waals surface area contributed by atoms with Crippen LogP contribution in [0.25, 0.3) is 0 Å². The molecule has 17 heavy (non-hydrogen) atoms. The maximum Gasteiger partial charge on any atom is 0.197 e. The molecule has 2 rings (SSSR count). The van der Waals surface area contributed by atoms with Crippen molar-refractivity contribution >= 4 is 29.0 Å². The molecule has 0 unspecified atom stereocenters. The first-order valence-corrected chi connectivity index (χ1v) is 5.59. The minimum atomic E-state index is -0.612. The Morgan fingerprint density at radius 2 is 1.71 bits per heavy atom. The third-order valence-corrected chi connectivity index (χ3v) is 2.86. The molecule has 2 aromatic rings. The van der Waals surface area contributed by atoms with Gasteiger partial charge in [-0.3, -0.25) is 4.79 Å². The number of hydrogen-bond donors (Lipinski definition) is 0. The van der Waals surface area contributed by atoms with E-state index in [0.717, 1.165) is 6.07 Å². The van der Waals surface area contributed by atoms with Crippen molar-refractivity contribution in [3.8, 4) is 0 Å². The van der Waals surface area contributed by atoms with E-state index in [2.05, 4.69) is 0 Å². The molecule has 86 valence electrons. The van der Waals surface area contributed by atoms with E-state index >= 15 is 0 Å². The number of benzene rings is 2. The Morgan fingerprint density at radius 3 is 2.41 bits per heavy atom. The summed E-state index contributed by atoms with van der Waals surface area (Å²) in [5, 5.41) is 0.596. The highest BCUT2D eigenvalue weighted by Gasteiger charge is 2.16. The van der Waals surface area contributed by atoms with Gasteiger partial charge in [-0.05, 0) is 30.3 Å². The van der Waals surface area contributed by atoms with Crippen LogP contribution in [0.2, 0.25) is 10.0 Å². The first-order valence-electron chi connectivity index (χ1n) is 4.84. The van der Waals surface area contributed by atoms with Crippen LogP contribution in [0.15, 0.2) is 42.5 Å². The zero-order valence-corrected chi connectivity index (χ0v) is 10.1. The lowest BCUT2D eigenvalue weighted by atomic mass is 10.0. The van der Waals surface area contributed by atoms with E-state index in [4.69, 9.17) is 23.2 Å². The Kier molecular flexibility index (Phi) is 3.46. The monoisotopic (exact) mass is 268 g/mol. The van der Waals surface area contributed by atoms with E-state index in [-0.39, 0.29) is 16.1 Å². The summed E-state index contributed by atoms with van der Waals surface area (Å²) in [7, 11) is 0. The first-order chi connectivity index (χ1) is 8.09. The lowest BCUT2D eigenvalue weighted by molar-refractivity contribution is 0.103. The zero-order chi connectivity index (χ0) is 12.4. The van der Waals surface area contributed by atoms with E-state index in [1.54, 1.807) is 24.3 Å². The fourth-order valence-corrected chi connectivity index (χ4v) is 1.86. The molecule has 0 aliphatic rings. The third kappa shape index (κ3) is 2.48. The summed E-state index contributed by atoms with van der Waals surface area (Å²) in [5.41, 5.74) is 0.181. The highest BCUT2D eigenvalue weighted by atomic mass is 35.5. The van der Waals surface area contributed by atoms with E-state index in [1.807, 2.05) is 0 Å². The van der Waals surface area contributed by atoms with Gasteiger partial charge in [0, 0.05) is 10.6 Å². The van der Waals surface area contributed by atoms with Gasteiger partial charge < -0.3 is 0 Å². The van der Waals surface area contributed by atoms with Gasteiger partial charge in [0.1, 0.15) is 5.82 Å². The number of halogens is 3. The molecular weight excluding hydrogens is 262 g/mol. The van der Waals surface area contributed by atoms with Crippen molar-refractivity contribution in [2.75, 3.05) is 0 Å². The highest BCUT2D eigenvalue weighted by Crippen LogP contribution is 2.22. The number of carbonyl (C=O) groups excluding carboxylic acids is 1. The van der Waals surface area contributed by atoms with Gasteiger partial charge in [-0.15, -0.1) is 0 Å². The Hall–Kier alpha value is -1.38. The van der Waals surface area contributed by atoms with Crippen LogP contribution in [0.1, 0.15) is 15.9 Å². The third-order valence-electron chi connectivity index (χ3n) is 2.29. The van der Waals surface area contributed by atoms with Crippen molar-refractivity contribution in [3.05, 3.63) is 69.5 Å². The van der Waals surface area contributed by atoms with Gasteiger partial charge >= 0.3 is 0 Å². The van der Waals surface area contributed by atoms with Crippen molar-refractivity contribution in [3.63, 3.8) is 0 Å². The summed E-state index contributed by atoms with van der Waals surface area (Å²) in [5.74, 6) is -1.09. The lowest BCUT2D eigenvalue weighted by Crippen LogP contribution is -2.04. The molecule has 0 N–H and O–H groups in total. The predicted molar refractivity (Wildman–Crippen MR) is 66.3 cm³/mol. The largest absolute Gasteiger partial charge is 0.288 e. The minimum absolute atomic E-state index is 0.0781. The molecule has 4 heteroatoms. The molecule has 0 radical (unpaired) electrons. The summed E-state index contributed by atoms with van der Waals surface area (Å²) in [6, 6.07) is 10.3. The molecule has 0 saturated heterocycles. The lowest BCUT2D eigenvalue weighted by Gasteiger charge is -2.05. The van der Waals surface area contributed by atoms with Crippen molar-refractivity contribution < 1.29 is 9.18 Å².